The van der Waals surface area contributed by atoms with Gasteiger partial charge in [-0.2, -0.15) is 0 Å². The third kappa shape index (κ3) is 4.63. The molecule has 0 aromatic heterocycles. The molecule has 0 saturated carbocycles. The molecule has 1 atom stereocenters. The molecule has 5 heteroatoms. The molecule has 0 aromatic carbocycles. The predicted molar refractivity (Wildman–Crippen MR) is 66.9 cm³/mol. The Bertz CT molecular complexity index is 262. The fourth-order valence-electron chi connectivity index (χ4n) is 1.75. The molecule has 0 aromatic rings. The van der Waals surface area contributed by atoms with Crippen LogP contribution in [0.3, 0.4) is 0 Å². The van der Waals surface area contributed by atoms with Crippen LogP contribution in [0.25, 0.3) is 0 Å². The van der Waals surface area contributed by atoms with Gasteiger partial charge in [-0.05, 0) is 18.8 Å². The summed E-state index contributed by atoms with van der Waals surface area (Å²) >= 11 is 0. The van der Waals surface area contributed by atoms with Gasteiger partial charge in [-0.15, -0.1) is 0 Å². The lowest BCUT2D eigenvalue weighted by atomic mass is 10.1. The van der Waals surface area contributed by atoms with Crippen LogP contribution in [0.5, 0.6) is 0 Å². The van der Waals surface area contributed by atoms with Crippen LogP contribution < -0.4 is 5.32 Å². The van der Waals surface area contributed by atoms with Gasteiger partial charge in [0.25, 0.3) is 0 Å². The zero-order chi connectivity index (χ0) is 13.6. The molecule has 0 radical (unpaired) electrons. The Morgan fingerprint density at radius 3 is 2.00 bits per heavy atom. The highest BCUT2D eigenvalue weighted by atomic mass is 16.4. The van der Waals surface area contributed by atoms with Crippen molar-refractivity contribution in [3.05, 3.63) is 0 Å². The quantitative estimate of drug-likeness (QED) is 0.750. The number of nitrogens with zero attached hydrogens (tertiary/aromatic N) is 1. The van der Waals surface area contributed by atoms with Crippen LogP contribution in [0.15, 0.2) is 0 Å². The Morgan fingerprint density at radius 2 is 1.71 bits per heavy atom. The highest BCUT2D eigenvalue weighted by molar-refractivity contribution is 5.82. The van der Waals surface area contributed by atoms with E-state index in [1.807, 2.05) is 13.8 Å². The molecule has 0 bridgehead atoms. The number of carbonyl (C=O) groups excluding carboxylic acids is 1. The van der Waals surface area contributed by atoms with Crippen molar-refractivity contribution in [2.75, 3.05) is 7.05 Å². The van der Waals surface area contributed by atoms with Gasteiger partial charge in [0.15, 0.2) is 0 Å². The molecule has 0 rings (SSSR count). The normalized spacial score (nSPS) is 12.6. The fraction of sp³-hybridized carbons (Fsp3) is 0.833. The second-order valence-corrected chi connectivity index (χ2v) is 4.59. The number of hydrogen-bond acceptors (Lipinski definition) is 2. The molecular weight excluding hydrogens is 220 g/mol. The van der Waals surface area contributed by atoms with E-state index in [9.17, 15) is 9.59 Å². The van der Waals surface area contributed by atoms with Crippen LogP contribution >= 0.6 is 0 Å². The predicted octanol–water partition coefficient (Wildman–Crippen LogP) is 1.93. The lowest BCUT2D eigenvalue weighted by Crippen LogP contribution is -2.51. The molecule has 0 spiro atoms. The van der Waals surface area contributed by atoms with Gasteiger partial charge in [0, 0.05) is 13.1 Å². The van der Waals surface area contributed by atoms with E-state index in [2.05, 4.69) is 5.32 Å². The van der Waals surface area contributed by atoms with Crippen molar-refractivity contribution in [1.29, 1.82) is 0 Å². The molecule has 0 fully saturated rings. The number of amides is 2. The minimum Gasteiger partial charge on any atom is -0.480 e. The standard InChI is InChI=1S/C12H24N2O3/c1-6-9(7-2)14(5)12(17)13-10(8(3)4)11(15)16/h8-10H,6-7H2,1-5H3,(H,13,17)(H,15,16). The minimum atomic E-state index is -0.994. The number of carbonyl (C=O) groups is 2. The Labute approximate surface area is 103 Å². The maximum Gasteiger partial charge on any atom is 0.326 e. The van der Waals surface area contributed by atoms with Gasteiger partial charge in [-0.25, -0.2) is 9.59 Å². The highest BCUT2D eigenvalue weighted by Gasteiger charge is 2.26. The smallest absolute Gasteiger partial charge is 0.326 e. The van der Waals surface area contributed by atoms with Crippen LogP contribution in [0.1, 0.15) is 40.5 Å². The Balaban J connectivity index is 4.55. The third-order valence-electron chi connectivity index (χ3n) is 3.02. The first-order valence-electron chi connectivity index (χ1n) is 6.11. The summed E-state index contributed by atoms with van der Waals surface area (Å²) in [5.74, 6) is -1.13. The van der Waals surface area contributed by atoms with Crippen LogP contribution in [0.4, 0.5) is 4.79 Å². The zero-order valence-electron chi connectivity index (χ0n) is 11.4. The van der Waals surface area contributed by atoms with Crippen molar-refractivity contribution in [2.24, 2.45) is 5.92 Å². The van der Waals surface area contributed by atoms with Crippen LogP contribution in [0.2, 0.25) is 0 Å². The summed E-state index contributed by atoms with van der Waals surface area (Å²) in [6, 6.07) is -1.00. The summed E-state index contributed by atoms with van der Waals surface area (Å²) in [5, 5.41) is 11.5. The van der Waals surface area contributed by atoms with Crippen molar-refractivity contribution >= 4 is 12.0 Å². The van der Waals surface area contributed by atoms with Crippen molar-refractivity contribution < 1.29 is 14.7 Å². The van der Waals surface area contributed by atoms with E-state index in [0.717, 1.165) is 12.8 Å². The number of aliphatic carboxylic acids is 1. The average Bonchev–Trinajstić information content (AvgIpc) is 2.25. The molecule has 5 nitrogen and oxygen atoms in total. The zero-order valence-corrected chi connectivity index (χ0v) is 11.4. The summed E-state index contributed by atoms with van der Waals surface area (Å²) in [5.41, 5.74) is 0. The highest BCUT2D eigenvalue weighted by Crippen LogP contribution is 2.08. The minimum absolute atomic E-state index is 0.133. The Morgan fingerprint density at radius 1 is 1.24 bits per heavy atom. The van der Waals surface area contributed by atoms with Crippen molar-refractivity contribution in [3.63, 3.8) is 0 Å². The molecule has 1 unspecified atom stereocenters. The topological polar surface area (TPSA) is 69.6 Å². The second-order valence-electron chi connectivity index (χ2n) is 4.59. The van der Waals surface area contributed by atoms with E-state index < -0.39 is 12.0 Å². The Hall–Kier alpha value is -1.26. The lowest BCUT2D eigenvalue weighted by Gasteiger charge is -2.28. The second kappa shape index (κ2) is 7.14. The van der Waals surface area contributed by atoms with Crippen molar-refractivity contribution in [2.45, 2.75) is 52.6 Å². The number of carboxylic acid groups (broad SMARTS) is 1. The van der Waals surface area contributed by atoms with Gasteiger partial charge >= 0.3 is 12.0 Å². The number of nitrogens with one attached hydrogen (secondary N) is 1. The lowest BCUT2D eigenvalue weighted by molar-refractivity contribution is -0.140. The third-order valence-corrected chi connectivity index (χ3v) is 3.02. The van der Waals surface area contributed by atoms with Gasteiger partial charge in [0.05, 0.1) is 0 Å². The van der Waals surface area contributed by atoms with Gasteiger partial charge in [0.1, 0.15) is 6.04 Å². The van der Waals surface area contributed by atoms with Crippen molar-refractivity contribution in [1.82, 2.24) is 10.2 Å². The van der Waals surface area contributed by atoms with Gasteiger partial charge in [-0.3, -0.25) is 0 Å². The van der Waals surface area contributed by atoms with E-state index in [-0.39, 0.29) is 18.0 Å². The molecule has 0 aliphatic rings. The summed E-state index contributed by atoms with van der Waals surface area (Å²) < 4.78 is 0. The summed E-state index contributed by atoms with van der Waals surface area (Å²) in [6.07, 6.45) is 1.72. The maximum absolute atomic E-state index is 11.9. The molecule has 100 valence electrons. The molecule has 0 heterocycles. The first kappa shape index (κ1) is 15.7. The molecule has 0 saturated heterocycles. The van der Waals surface area contributed by atoms with E-state index in [4.69, 9.17) is 5.11 Å². The molecule has 17 heavy (non-hydrogen) atoms. The van der Waals surface area contributed by atoms with Gasteiger partial charge < -0.3 is 15.3 Å². The van der Waals surface area contributed by atoms with Crippen LogP contribution in [-0.2, 0) is 4.79 Å². The number of urea groups is 1. The number of carboxylic acids is 1. The Kier molecular flexibility index (Phi) is 6.61. The molecule has 0 aliphatic heterocycles. The molecule has 2 N–H and O–H groups in total. The van der Waals surface area contributed by atoms with Gasteiger partial charge in [0.2, 0.25) is 0 Å². The van der Waals surface area contributed by atoms with Crippen molar-refractivity contribution in [3.8, 4) is 0 Å². The van der Waals surface area contributed by atoms with Gasteiger partial charge in [-0.1, -0.05) is 27.7 Å². The summed E-state index contributed by atoms with van der Waals surface area (Å²) in [4.78, 5) is 24.4. The van der Waals surface area contributed by atoms with E-state index >= 15 is 0 Å². The number of hydrogen-bond donors (Lipinski definition) is 2. The monoisotopic (exact) mass is 244 g/mol. The van der Waals surface area contributed by atoms with Crippen LogP contribution in [-0.4, -0.2) is 41.1 Å². The maximum atomic E-state index is 11.9. The fourth-order valence-corrected chi connectivity index (χ4v) is 1.75. The van der Waals surface area contributed by atoms with E-state index in [1.54, 1.807) is 25.8 Å². The molecule has 0 aliphatic carbocycles. The van der Waals surface area contributed by atoms with E-state index in [1.165, 1.54) is 0 Å². The SMILES string of the molecule is CCC(CC)N(C)C(=O)NC(C(=O)O)C(C)C. The average molecular weight is 244 g/mol. The first-order valence-corrected chi connectivity index (χ1v) is 6.11. The van der Waals surface area contributed by atoms with Crippen LogP contribution in [0, 0.1) is 5.92 Å². The molecule has 2 amide bonds. The van der Waals surface area contributed by atoms with E-state index in [0.29, 0.717) is 0 Å². The summed E-state index contributed by atoms with van der Waals surface area (Å²) in [7, 11) is 1.70. The number of rotatable bonds is 6. The summed E-state index contributed by atoms with van der Waals surface area (Å²) in [6.45, 7) is 7.57. The largest absolute Gasteiger partial charge is 0.480 e. The first-order chi connectivity index (χ1) is 7.84. The molecular formula is C12H24N2O3.